The van der Waals surface area contributed by atoms with Gasteiger partial charge in [-0.1, -0.05) is 24.3 Å². The van der Waals surface area contributed by atoms with Crippen molar-refractivity contribution in [1.29, 1.82) is 0 Å². The lowest BCUT2D eigenvalue weighted by atomic mass is 9.96. The molecule has 2 heterocycles. The Morgan fingerprint density at radius 3 is 2.50 bits per heavy atom. The summed E-state index contributed by atoms with van der Waals surface area (Å²) in [7, 11) is 4.75. The second kappa shape index (κ2) is 11.2. The molecule has 3 N–H and O–H groups in total. The Morgan fingerprint density at radius 1 is 1.08 bits per heavy atom. The van der Waals surface area contributed by atoms with Gasteiger partial charge in [0.05, 0.1) is 48.8 Å². The van der Waals surface area contributed by atoms with Crippen molar-refractivity contribution in [3.05, 3.63) is 54.1 Å². The monoisotopic (exact) mass is 513 g/mol. The Balaban J connectivity index is 1.52. The second-order valence-electron chi connectivity index (χ2n) is 8.51. The highest BCUT2D eigenvalue weighted by Crippen LogP contribution is 2.35. The lowest BCUT2D eigenvalue weighted by Crippen LogP contribution is -2.72. The third kappa shape index (κ3) is 5.28. The van der Waals surface area contributed by atoms with Crippen LogP contribution >= 0.6 is 11.8 Å². The number of urea groups is 1. The summed E-state index contributed by atoms with van der Waals surface area (Å²) >= 11 is 1.33. The number of hydrogen-bond acceptors (Lipinski definition) is 8. The van der Waals surface area contributed by atoms with E-state index in [2.05, 4.69) is 16.0 Å². The van der Waals surface area contributed by atoms with Crippen LogP contribution in [0.3, 0.4) is 0 Å². The van der Waals surface area contributed by atoms with Crippen molar-refractivity contribution in [2.24, 2.45) is 5.92 Å². The van der Waals surface area contributed by atoms with E-state index in [9.17, 15) is 14.4 Å². The number of amides is 4. The van der Waals surface area contributed by atoms with Gasteiger partial charge in [-0.05, 0) is 36.8 Å². The van der Waals surface area contributed by atoms with Crippen molar-refractivity contribution >= 4 is 35.3 Å². The van der Waals surface area contributed by atoms with E-state index in [0.717, 1.165) is 16.2 Å². The van der Waals surface area contributed by atoms with E-state index in [-0.39, 0.29) is 29.8 Å². The van der Waals surface area contributed by atoms with Gasteiger partial charge in [-0.2, -0.15) is 0 Å². The number of fused-ring (bicyclic) bond motifs is 1. The minimum Gasteiger partial charge on any atom is -0.497 e. The molecule has 4 amide bonds. The number of methoxy groups -OCH3 is 1. The summed E-state index contributed by atoms with van der Waals surface area (Å²) in [6.07, 6.45) is -0.878. The van der Waals surface area contributed by atoms with E-state index in [4.69, 9.17) is 9.47 Å². The first-order chi connectivity index (χ1) is 17.3. The molecule has 192 valence electrons. The molecule has 2 aliphatic rings. The molecule has 0 radical (unpaired) electrons. The van der Waals surface area contributed by atoms with Crippen LogP contribution < -0.4 is 25.4 Å². The molecule has 10 nitrogen and oxygen atoms in total. The third-order valence-electron chi connectivity index (χ3n) is 6.26. The van der Waals surface area contributed by atoms with Crippen LogP contribution in [0.15, 0.2) is 48.5 Å². The highest BCUT2D eigenvalue weighted by Gasteiger charge is 2.51. The zero-order valence-corrected chi connectivity index (χ0v) is 21.5. The summed E-state index contributed by atoms with van der Waals surface area (Å²) in [5.41, 5.74) is 1.51. The summed E-state index contributed by atoms with van der Waals surface area (Å²) in [5, 5.41) is 9.33. The van der Waals surface area contributed by atoms with Gasteiger partial charge in [0.1, 0.15) is 11.5 Å². The topological polar surface area (TPSA) is 112 Å². The highest BCUT2D eigenvalue weighted by atomic mass is 32.2. The number of nitrogens with zero attached hydrogens (tertiary/aromatic N) is 2. The molecule has 36 heavy (non-hydrogen) atoms. The average molecular weight is 514 g/mol. The van der Waals surface area contributed by atoms with Gasteiger partial charge >= 0.3 is 6.03 Å². The molecule has 2 aromatic rings. The van der Waals surface area contributed by atoms with Crippen molar-refractivity contribution in [1.82, 2.24) is 20.4 Å². The molecule has 0 aromatic heterocycles. The molecule has 0 spiro atoms. The predicted octanol–water partition coefficient (Wildman–Crippen LogP) is 2.45. The highest BCUT2D eigenvalue weighted by molar-refractivity contribution is 8.00. The summed E-state index contributed by atoms with van der Waals surface area (Å²) in [6.45, 7) is 2.37. The number of benzene rings is 2. The fourth-order valence-corrected chi connectivity index (χ4v) is 5.50. The van der Waals surface area contributed by atoms with Crippen LogP contribution in [-0.4, -0.2) is 72.7 Å². The van der Waals surface area contributed by atoms with Gasteiger partial charge in [0.25, 0.3) is 0 Å². The van der Waals surface area contributed by atoms with E-state index in [1.54, 1.807) is 26.3 Å². The maximum atomic E-state index is 13.2. The van der Waals surface area contributed by atoms with Crippen LogP contribution in [-0.2, 0) is 9.59 Å². The van der Waals surface area contributed by atoms with Crippen molar-refractivity contribution in [3.63, 3.8) is 0 Å². The maximum Gasteiger partial charge on any atom is 0.327 e. The lowest BCUT2D eigenvalue weighted by molar-refractivity contribution is -0.140. The molecule has 4 atom stereocenters. The minimum absolute atomic E-state index is 0.103. The Bertz CT molecular complexity index is 1110. The smallest absolute Gasteiger partial charge is 0.327 e. The molecular weight excluding hydrogens is 482 g/mol. The Hall–Kier alpha value is -3.28. The van der Waals surface area contributed by atoms with E-state index in [0.29, 0.717) is 18.0 Å². The molecular formula is C25H31N5O5S. The van der Waals surface area contributed by atoms with E-state index < -0.39 is 17.5 Å². The number of carbonyl (C=O) groups is 3. The Labute approximate surface area is 214 Å². The molecule has 0 saturated carbocycles. The van der Waals surface area contributed by atoms with Gasteiger partial charge < -0.3 is 19.7 Å². The third-order valence-corrected chi connectivity index (χ3v) is 7.48. The number of anilines is 1. The van der Waals surface area contributed by atoms with Crippen LogP contribution in [0.4, 0.5) is 10.5 Å². The van der Waals surface area contributed by atoms with Crippen molar-refractivity contribution in [3.8, 4) is 11.5 Å². The van der Waals surface area contributed by atoms with E-state index >= 15 is 0 Å². The molecule has 4 rings (SSSR count). The molecule has 2 saturated heterocycles. The zero-order chi connectivity index (χ0) is 25.8. The largest absolute Gasteiger partial charge is 0.497 e. The minimum atomic E-state index is -0.583. The SMILES string of the molecule is CCOc1ccccc1NC(=O)CSC1NC(c2ccc(OC)cc2)NC2C1C(=O)N(C)C(=O)N2C. The number of imide groups is 1. The molecule has 2 aromatic carbocycles. The summed E-state index contributed by atoms with van der Waals surface area (Å²) in [5.74, 6) is 0.333. The number of carbonyl (C=O) groups excluding carboxylic acids is 3. The van der Waals surface area contributed by atoms with Gasteiger partial charge in [-0.15, -0.1) is 11.8 Å². The van der Waals surface area contributed by atoms with E-state index in [1.807, 2.05) is 43.3 Å². The Kier molecular flexibility index (Phi) is 8.02. The number of thioether (sulfide) groups is 1. The zero-order valence-electron chi connectivity index (χ0n) is 20.7. The molecule has 0 bridgehead atoms. The average Bonchev–Trinajstić information content (AvgIpc) is 2.90. The number of ether oxygens (including phenoxy) is 2. The lowest BCUT2D eigenvalue weighted by Gasteiger charge is -2.50. The standard InChI is InChI=1S/C25H31N5O5S/c1-5-35-18-9-7-6-8-17(18)26-19(31)14-36-23-20-22(29(2)25(33)30(3)24(20)32)27-21(28-23)15-10-12-16(34-4)13-11-15/h6-13,20-23,27-28H,5,14H2,1-4H3,(H,26,31). The van der Waals surface area contributed by atoms with Gasteiger partial charge in [-0.3, -0.25) is 25.1 Å². The first-order valence-corrected chi connectivity index (χ1v) is 12.7. The molecule has 2 fully saturated rings. The molecule has 2 aliphatic heterocycles. The summed E-state index contributed by atoms with van der Waals surface area (Å²) in [4.78, 5) is 41.3. The summed E-state index contributed by atoms with van der Waals surface area (Å²) in [6, 6.07) is 14.4. The number of rotatable bonds is 8. The first-order valence-electron chi connectivity index (χ1n) is 11.7. The van der Waals surface area contributed by atoms with Gasteiger partial charge in [-0.25, -0.2) is 4.79 Å². The molecule has 0 aliphatic carbocycles. The van der Waals surface area contributed by atoms with Crippen molar-refractivity contribution in [2.45, 2.75) is 24.6 Å². The number of nitrogens with one attached hydrogen (secondary N) is 3. The second-order valence-corrected chi connectivity index (χ2v) is 9.64. The fraction of sp³-hybridized carbons (Fsp3) is 0.400. The normalized spacial score (nSPS) is 23.8. The van der Waals surface area contributed by atoms with Crippen LogP contribution in [0, 0.1) is 5.92 Å². The first kappa shape index (κ1) is 25.8. The van der Waals surface area contributed by atoms with Gasteiger partial charge in [0, 0.05) is 14.1 Å². The summed E-state index contributed by atoms with van der Waals surface area (Å²) < 4.78 is 10.8. The van der Waals surface area contributed by atoms with Crippen molar-refractivity contribution in [2.75, 3.05) is 38.9 Å². The van der Waals surface area contributed by atoms with Crippen LogP contribution in [0.2, 0.25) is 0 Å². The maximum absolute atomic E-state index is 13.2. The number of para-hydroxylation sites is 2. The van der Waals surface area contributed by atoms with Crippen LogP contribution in [0.25, 0.3) is 0 Å². The van der Waals surface area contributed by atoms with Gasteiger partial charge in [0.15, 0.2) is 0 Å². The Morgan fingerprint density at radius 2 is 1.81 bits per heavy atom. The van der Waals surface area contributed by atoms with Gasteiger partial charge in [0.2, 0.25) is 11.8 Å². The van der Waals surface area contributed by atoms with E-state index in [1.165, 1.54) is 23.7 Å². The quantitative estimate of drug-likeness (QED) is 0.494. The predicted molar refractivity (Wildman–Crippen MR) is 138 cm³/mol. The van der Waals surface area contributed by atoms with Crippen molar-refractivity contribution < 1.29 is 23.9 Å². The fourth-order valence-electron chi connectivity index (χ4n) is 4.39. The molecule has 11 heteroatoms. The van der Waals surface area contributed by atoms with Crippen LogP contribution in [0.1, 0.15) is 18.7 Å². The number of hydrogen-bond donors (Lipinski definition) is 3. The van der Waals surface area contributed by atoms with Crippen LogP contribution in [0.5, 0.6) is 11.5 Å². The molecule has 4 unspecified atom stereocenters.